The third kappa shape index (κ3) is 7.02. The third-order valence-corrected chi connectivity index (χ3v) is 5.23. The van der Waals surface area contributed by atoms with Crippen LogP contribution in [0.3, 0.4) is 0 Å². The van der Waals surface area contributed by atoms with Gasteiger partial charge in [0.05, 0.1) is 11.3 Å². The van der Waals surface area contributed by atoms with Gasteiger partial charge >= 0.3 is 5.97 Å². The Balaban J connectivity index is 2.00. The molecular formula is C21H21NO6S. The summed E-state index contributed by atoms with van der Waals surface area (Å²) in [6.45, 7) is 3.78. The molecular weight excluding hydrogens is 394 g/mol. The zero-order valence-electron chi connectivity index (χ0n) is 15.6. The number of carboxylic acids is 1. The Bertz CT molecular complexity index is 992. The van der Waals surface area contributed by atoms with Crippen molar-refractivity contribution in [2.45, 2.75) is 11.3 Å². The van der Waals surface area contributed by atoms with Crippen LogP contribution in [0.1, 0.15) is 22.3 Å². The molecule has 0 bridgehead atoms. The monoisotopic (exact) mass is 415 g/mol. The number of carbonyl (C=O) groups is 2. The fourth-order valence-electron chi connectivity index (χ4n) is 2.27. The van der Waals surface area contributed by atoms with E-state index in [1.54, 1.807) is 36.4 Å². The number of allylic oxidation sites excluding steroid dienone is 1. The van der Waals surface area contributed by atoms with Crippen LogP contribution in [-0.2, 0) is 14.8 Å². The smallest absolute Gasteiger partial charge is 0.304 e. The van der Waals surface area contributed by atoms with Gasteiger partial charge in [0.2, 0.25) is 10.0 Å². The number of ether oxygens (including phenoxy) is 1. The maximum absolute atomic E-state index is 12.3. The standard InChI is InChI=1S/C21H21NO6S/c1-2-15-28-18-8-3-16(4-9-18)5-12-20(23)17-6-10-19(11-7-17)29(26,27)22-14-13-21(24)25/h2-12,22H,1,13-15H2,(H,24,25)/b12-5+. The Hall–Kier alpha value is -3.23. The molecule has 0 heterocycles. The van der Waals surface area contributed by atoms with E-state index in [9.17, 15) is 18.0 Å². The van der Waals surface area contributed by atoms with Crippen LogP contribution in [0.15, 0.2) is 72.2 Å². The number of sulfonamides is 1. The molecule has 0 amide bonds. The first-order valence-corrected chi connectivity index (χ1v) is 10.2. The molecule has 2 aromatic rings. The van der Waals surface area contributed by atoms with Crippen LogP contribution in [0, 0.1) is 0 Å². The van der Waals surface area contributed by atoms with Crippen molar-refractivity contribution in [3.8, 4) is 5.75 Å². The van der Waals surface area contributed by atoms with Gasteiger partial charge in [0.15, 0.2) is 5.78 Å². The Morgan fingerprint density at radius 3 is 2.31 bits per heavy atom. The average Bonchev–Trinajstić information content (AvgIpc) is 2.71. The SMILES string of the molecule is C=CCOc1ccc(/C=C/C(=O)c2ccc(S(=O)(=O)NCCC(=O)O)cc2)cc1. The fourth-order valence-corrected chi connectivity index (χ4v) is 3.30. The largest absolute Gasteiger partial charge is 0.490 e. The predicted octanol–water partition coefficient (Wildman–Crippen LogP) is 2.90. The average molecular weight is 415 g/mol. The molecule has 0 spiro atoms. The van der Waals surface area contributed by atoms with Crippen molar-refractivity contribution in [1.29, 1.82) is 0 Å². The summed E-state index contributed by atoms with van der Waals surface area (Å²) in [6.07, 6.45) is 4.38. The van der Waals surface area contributed by atoms with Gasteiger partial charge in [-0.3, -0.25) is 9.59 Å². The predicted molar refractivity (Wildman–Crippen MR) is 109 cm³/mol. The molecule has 0 aromatic heterocycles. The lowest BCUT2D eigenvalue weighted by Crippen LogP contribution is -2.26. The summed E-state index contributed by atoms with van der Waals surface area (Å²) < 4.78 is 31.7. The summed E-state index contributed by atoms with van der Waals surface area (Å²) in [4.78, 5) is 22.7. The van der Waals surface area contributed by atoms with Crippen LogP contribution in [0.25, 0.3) is 6.08 Å². The lowest BCUT2D eigenvalue weighted by atomic mass is 10.1. The highest BCUT2D eigenvalue weighted by Crippen LogP contribution is 2.15. The van der Waals surface area contributed by atoms with Crippen molar-refractivity contribution in [1.82, 2.24) is 4.72 Å². The summed E-state index contributed by atoms with van der Waals surface area (Å²) in [5.41, 5.74) is 1.14. The van der Waals surface area contributed by atoms with E-state index >= 15 is 0 Å². The van der Waals surface area contributed by atoms with Gasteiger partial charge in [0.25, 0.3) is 0 Å². The van der Waals surface area contributed by atoms with Gasteiger partial charge in [0.1, 0.15) is 12.4 Å². The van der Waals surface area contributed by atoms with E-state index in [0.717, 1.165) is 5.56 Å². The van der Waals surface area contributed by atoms with Crippen molar-refractivity contribution >= 4 is 27.9 Å². The summed E-state index contributed by atoms with van der Waals surface area (Å²) in [6, 6.07) is 12.6. The topological polar surface area (TPSA) is 110 Å². The summed E-state index contributed by atoms with van der Waals surface area (Å²) in [7, 11) is -3.83. The van der Waals surface area contributed by atoms with E-state index in [1.807, 2.05) is 0 Å². The number of rotatable bonds is 11. The molecule has 0 unspecified atom stereocenters. The second kappa shape index (κ2) is 10.4. The summed E-state index contributed by atoms with van der Waals surface area (Å²) >= 11 is 0. The molecule has 2 N–H and O–H groups in total. The minimum Gasteiger partial charge on any atom is -0.490 e. The molecule has 0 aliphatic heterocycles. The zero-order chi connectivity index (χ0) is 21.3. The van der Waals surface area contributed by atoms with Gasteiger partial charge in [0, 0.05) is 12.1 Å². The molecule has 152 valence electrons. The van der Waals surface area contributed by atoms with E-state index in [0.29, 0.717) is 17.9 Å². The minimum absolute atomic E-state index is 0.0430. The maximum Gasteiger partial charge on any atom is 0.304 e. The number of hydrogen-bond donors (Lipinski definition) is 2. The Labute approximate surface area is 169 Å². The fraction of sp³-hybridized carbons (Fsp3) is 0.143. The van der Waals surface area contributed by atoms with E-state index in [-0.39, 0.29) is 23.6 Å². The van der Waals surface area contributed by atoms with Crippen molar-refractivity contribution in [2.24, 2.45) is 0 Å². The van der Waals surface area contributed by atoms with Crippen molar-refractivity contribution in [3.63, 3.8) is 0 Å². The van der Waals surface area contributed by atoms with Crippen LogP contribution >= 0.6 is 0 Å². The van der Waals surface area contributed by atoms with Crippen LogP contribution in [0.5, 0.6) is 5.75 Å². The van der Waals surface area contributed by atoms with Crippen LogP contribution in [0.4, 0.5) is 0 Å². The third-order valence-electron chi connectivity index (χ3n) is 3.76. The first-order valence-electron chi connectivity index (χ1n) is 8.69. The zero-order valence-corrected chi connectivity index (χ0v) is 16.4. The van der Waals surface area contributed by atoms with Crippen LogP contribution < -0.4 is 9.46 Å². The van der Waals surface area contributed by atoms with Gasteiger partial charge in [-0.2, -0.15) is 0 Å². The molecule has 0 aliphatic carbocycles. The van der Waals surface area contributed by atoms with E-state index in [2.05, 4.69) is 11.3 Å². The number of hydrogen-bond acceptors (Lipinski definition) is 5. The number of benzene rings is 2. The highest BCUT2D eigenvalue weighted by Gasteiger charge is 2.14. The van der Waals surface area contributed by atoms with Crippen LogP contribution in [-0.4, -0.2) is 38.4 Å². The van der Waals surface area contributed by atoms with Gasteiger partial charge in [-0.25, -0.2) is 13.1 Å². The number of carbonyl (C=O) groups excluding carboxylic acids is 1. The first kappa shape index (κ1) is 22.1. The maximum atomic E-state index is 12.3. The summed E-state index contributed by atoms with van der Waals surface area (Å²) in [5, 5.41) is 8.57. The molecule has 2 rings (SSSR count). The van der Waals surface area contributed by atoms with Crippen molar-refractivity contribution in [3.05, 3.63) is 78.4 Å². The molecule has 29 heavy (non-hydrogen) atoms. The lowest BCUT2D eigenvalue weighted by molar-refractivity contribution is -0.136. The van der Waals surface area contributed by atoms with E-state index < -0.39 is 16.0 Å². The quantitative estimate of drug-likeness (QED) is 0.332. The first-order chi connectivity index (χ1) is 13.8. The molecule has 0 aliphatic rings. The lowest BCUT2D eigenvalue weighted by Gasteiger charge is -2.06. The molecule has 2 aromatic carbocycles. The number of carboxylic acid groups (broad SMARTS) is 1. The van der Waals surface area contributed by atoms with Crippen molar-refractivity contribution < 1.29 is 27.9 Å². The van der Waals surface area contributed by atoms with Crippen molar-refractivity contribution in [2.75, 3.05) is 13.2 Å². The molecule has 0 fully saturated rings. The molecule has 7 nitrogen and oxygen atoms in total. The highest BCUT2D eigenvalue weighted by molar-refractivity contribution is 7.89. The second-order valence-corrected chi connectivity index (χ2v) is 7.70. The van der Waals surface area contributed by atoms with E-state index in [1.165, 1.54) is 30.3 Å². The molecule has 8 heteroatoms. The molecule has 0 atom stereocenters. The van der Waals surface area contributed by atoms with E-state index in [4.69, 9.17) is 9.84 Å². The Morgan fingerprint density at radius 2 is 1.72 bits per heavy atom. The summed E-state index contributed by atoms with van der Waals surface area (Å²) in [5.74, 6) is -0.679. The van der Waals surface area contributed by atoms with Gasteiger partial charge < -0.3 is 9.84 Å². The molecule has 0 saturated heterocycles. The normalized spacial score (nSPS) is 11.3. The Kier molecular flexibility index (Phi) is 7.88. The number of nitrogens with one attached hydrogen (secondary N) is 1. The second-order valence-electron chi connectivity index (χ2n) is 5.93. The molecule has 0 saturated carbocycles. The minimum atomic E-state index is -3.83. The number of aliphatic carboxylic acids is 1. The van der Waals surface area contributed by atoms with Gasteiger partial charge in [-0.15, -0.1) is 0 Å². The molecule has 0 radical (unpaired) electrons. The Morgan fingerprint density at radius 1 is 1.07 bits per heavy atom. The van der Waals surface area contributed by atoms with Crippen LogP contribution in [0.2, 0.25) is 0 Å². The highest BCUT2D eigenvalue weighted by atomic mass is 32.2. The number of ketones is 1. The van der Waals surface area contributed by atoms with Gasteiger partial charge in [-0.05, 0) is 48.0 Å². The van der Waals surface area contributed by atoms with Gasteiger partial charge in [-0.1, -0.05) is 30.9 Å².